The quantitative estimate of drug-likeness (QED) is 0.439. The minimum Gasteiger partial charge on any atom is -0.496 e. The summed E-state index contributed by atoms with van der Waals surface area (Å²) >= 11 is 7.70. The fraction of sp³-hybridized carbons (Fsp3) is 0.389. The highest BCUT2D eigenvalue weighted by Crippen LogP contribution is 2.24. The summed E-state index contributed by atoms with van der Waals surface area (Å²) in [5.41, 5.74) is 1.79. The van der Waals surface area contributed by atoms with E-state index >= 15 is 0 Å². The van der Waals surface area contributed by atoms with Crippen LogP contribution in [0.4, 0.5) is 0 Å². The number of aliphatic imine (C=N–C) groups is 1. The van der Waals surface area contributed by atoms with Gasteiger partial charge in [0, 0.05) is 22.1 Å². The van der Waals surface area contributed by atoms with E-state index in [4.69, 9.17) is 21.6 Å². The number of hydrogen-bond acceptors (Lipinski definition) is 4. The van der Waals surface area contributed by atoms with Gasteiger partial charge < -0.3 is 9.30 Å². The molecule has 2 aromatic rings. The molecule has 0 saturated carbocycles. The Hall–Kier alpha value is -2.10. The summed E-state index contributed by atoms with van der Waals surface area (Å²) in [7, 11) is 1.57. The molecule has 0 radical (unpaired) electrons. The van der Waals surface area contributed by atoms with Crippen molar-refractivity contribution in [3.63, 3.8) is 0 Å². The first kappa shape index (κ1) is 19.2. The average molecular weight is 377 g/mol. The second-order valence-corrected chi connectivity index (χ2v) is 7.14. The molecule has 0 aliphatic heterocycles. The average Bonchev–Trinajstić information content (AvgIpc) is 2.86. The molecule has 0 N–H and O–H groups in total. The van der Waals surface area contributed by atoms with Crippen LogP contribution in [0.5, 0.6) is 5.75 Å². The number of aromatic nitrogens is 1. The highest BCUT2D eigenvalue weighted by Gasteiger charge is 2.13. The maximum atomic E-state index is 9.10. The summed E-state index contributed by atoms with van der Waals surface area (Å²) in [6.07, 6.45) is 4.00. The third kappa shape index (κ3) is 4.50. The minimum atomic E-state index is 0.299. The lowest BCUT2D eigenvalue weighted by molar-refractivity contribution is 0.414. The molecule has 5 nitrogen and oxygen atoms in total. The van der Waals surface area contributed by atoms with E-state index in [2.05, 4.69) is 35.3 Å². The van der Waals surface area contributed by atoms with Gasteiger partial charge in [0.1, 0.15) is 5.75 Å². The molecular formula is C18H21ClN4OS. The Kier molecular flexibility index (Phi) is 6.80. The number of thiazole rings is 1. The zero-order chi connectivity index (χ0) is 18.4. The first-order chi connectivity index (χ1) is 12.0. The molecule has 0 amide bonds. The predicted molar refractivity (Wildman–Crippen MR) is 102 cm³/mol. The largest absolute Gasteiger partial charge is 0.496 e. The molecule has 132 valence electrons. The number of nitriles is 1. The lowest BCUT2D eigenvalue weighted by atomic mass is 10.2. The van der Waals surface area contributed by atoms with Crippen molar-refractivity contribution in [3.8, 4) is 11.9 Å². The van der Waals surface area contributed by atoms with E-state index in [1.54, 1.807) is 36.6 Å². The topological polar surface area (TPSA) is 62.7 Å². The van der Waals surface area contributed by atoms with Crippen LogP contribution in [0, 0.1) is 25.3 Å². The number of rotatable bonds is 5. The molecule has 0 saturated heterocycles. The van der Waals surface area contributed by atoms with Crippen molar-refractivity contribution in [1.29, 1.82) is 5.26 Å². The van der Waals surface area contributed by atoms with Crippen LogP contribution in [-0.4, -0.2) is 17.5 Å². The fourth-order valence-corrected chi connectivity index (χ4v) is 3.57. The number of unbranched alkanes of at least 4 members (excludes halogenated alkanes) is 1. The molecule has 25 heavy (non-hydrogen) atoms. The van der Waals surface area contributed by atoms with Gasteiger partial charge in [0.2, 0.25) is 6.19 Å². The van der Waals surface area contributed by atoms with Gasteiger partial charge in [-0.3, -0.25) is 0 Å². The Bertz CT molecular complexity index is 889. The van der Waals surface area contributed by atoms with E-state index in [0.29, 0.717) is 22.2 Å². The summed E-state index contributed by atoms with van der Waals surface area (Å²) in [5, 5.41) is 9.64. The number of ether oxygens (including phenoxy) is 1. The van der Waals surface area contributed by atoms with Crippen molar-refractivity contribution >= 4 is 28.8 Å². The summed E-state index contributed by atoms with van der Waals surface area (Å²) in [4.78, 5) is 10.6. The fourth-order valence-electron chi connectivity index (χ4n) is 2.40. The molecule has 1 heterocycles. The van der Waals surface area contributed by atoms with Crippen LogP contribution >= 0.6 is 22.9 Å². The third-order valence-corrected chi connectivity index (χ3v) is 5.22. The van der Waals surface area contributed by atoms with Crippen LogP contribution < -0.4 is 9.54 Å². The summed E-state index contributed by atoms with van der Waals surface area (Å²) in [6.45, 7) is 7.20. The highest BCUT2D eigenvalue weighted by molar-refractivity contribution is 7.09. The van der Waals surface area contributed by atoms with Crippen molar-refractivity contribution in [2.75, 3.05) is 7.11 Å². The van der Waals surface area contributed by atoms with Crippen LogP contribution in [0.1, 0.15) is 35.9 Å². The Morgan fingerprint density at radius 2 is 2.16 bits per heavy atom. The van der Waals surface area contributed by atoms with Gasteiger partial charge in [-0.15, -0.1) is 11.3 Å². The molecule has 2 rings (SSSR count). The van der Waals surface area contributed by atoms with E-state index in [-0.39, 0.29) is 0 Å². The van der Waals surface area contributed by atoms with Gasteiger partial charge in [-0.2, -0.15) is 15.2 Å². The zero-order valence-electron chi connectivity index (χ0n) is 14.8. The van der Waals surface area contributed by atoms with Gasteiger partial charge in [0.05, 0.1) is 12.7 Å². The maximum Gasteiger partial charge on any atom is 0.207 e. The second kappa shape index (κ2) is 8.84. The third-order valence-electron chi connectivity index (χ3n) is 3.88. The van der Waals surface area contributed by atoms with Gasteiger partial charge in [-0.05, 0) is 38.5 Å². The lowest BCUT2D eigenvalue weighted by Crippen LogP contribution is -2.19. The normalized spacial score (nSPS) is 12.3. The summed E-state index contributed by atoms with van der Waals surface area (Å²) in [6, 6.07) is 5.19. The molecule has 0 spiro atoms. The second-order valence-electron chi connectivity index (χ2n) is 5.52. The summed E-state index contributed by atoms with van der Waals surface area (Å²) in [5.74, 6) is 0.876. The molecule has 0 atom stereocenters. The van der Waals surface area contributed by atoms with Gasteiger partial charge in [-0.25, -0.2) is 0 Å². The van der Waals surface area contributed by atoms with Gasteiger partial charge in [0.25, 0.3) is 0 Å². The van der Waals surface area contributed by atoms with E-state index in [9.17, 15) is 0 Å². The Balaban J connectivity index is 2.64. The predicted octanol–water partition coefficient (Wildman–Crippen LogP) is 4.46. The van der Waals surface area contributed by atoms with E-state index in [0.717, 1.165) is 24.2 Å². The minimum absolute atomic E-state index is 0.299. The molecule has 0 aliphatic carbocycles. The molecule has 0 bridgehead atoms. The Morgan fingerprint density at radius 1 is 1.40 bits per heavy atom. The van der Waals surface area contributed by atoms with Gasteiger partial charge >= 0.3 is 0 Å². The van der Waals surface area contributed by atoms with Crippen molar-refractivity contribution in [1.82, 2.24) is 4.57 Å². The molecule has 7 heteroatoms. The molecule has 0 aliphatic rings. The monoisotopic (exact) mass is 376 g/mol. The number of methoxy groups -OCH3 is 1. The molecule has 0 unspecified atom stereocenters. The number of aryl methyl sites for hydroxylation is 1. The van der Waals surface area contributed by atoms with Crippen molar-refractivity contribution in [3.05, 3.63) is 44.2 Å². The Morgan fingerprint density at radius 3 is 2.80 bits per heavy atom. The number of hydrogen-bond donors (Lipinski definition) is 0. The smallest absolute Gasteiger partial charge is 0.207 e. The van der Waals surface area contributed by atoms with Gasteiger partial charge in [-0.1, -0.05) is 24.9 Å². The maximum absolute atomic E-state index is 9.10. The standard InChI is InChI=1S/C18H21ClN4OS/c1-5-6-9-23-12(2)13(3)25-18(23)22-17(21-11-20)15-10-14(19)7-8-16(15)24-4/h7-8,10H,5-6,9H2,1-4H3/b21-17?,22-18-. The number of benzene rings is 1. The number of nitrogens with zero attached hydrogens (tertiary/aromatic N) is 4. The van der Waals surface area contributed by atoms with E-state index in [1.807, 2.05) is 6.19 Å². The lowest BCUT2D eigenvalue weighted by Gasteiger charge is -2.08. The van der Waals surface area contributed by atoms with Crippen LogP contribution in [-0.2, 0) is 6.54 Å². The molecule has 1 aromatic heterocycles. The first-order valence-corrected chi connectivity index (χ1v) is 9.23. The van der Waals surface area contributed by atoms with Gasteiger partial charge in [0.15, 0.2) is 10.6 Å². The molecule has 1 aromatic carbocycles. The summed E-state index contributed by atoms with van der Waals surface area (Å²) < 4.78 is 7.55. The van der Waals surface area contributed by atoms with Crippen LogP contribution in [0.2, 0.25) is 5.02 Å². The van der Waals surface area contributed by atoms with Crippen molar-refractivity contribution in [2.45, 2.75) is 40.2 Å². The van der Waals surface area contributed by atoms with Crippen LogP contribution in [0.15, 0.2) is 28.2 Å². The molecule has 0 fully saturated rings. The SMILES string of the molecule is CCCCn1c(C)c(C)s/c1=N\C(=NC#N)c1cc(Cl)ccc1OC. The van der Waals surface area contributed by atoms with E-state index in [1.165, 1.54) is 10.6 Å². The van der Waals surface area contributed by atoms with Crippen molar-refractivity contribution < 1.29 is 4.74 Å². The Labute approximate surface area is 156 Å². The van der Waals surface area contributed by atoms with Crippen molar-refractivity contribution in [2.24, 2.45) is 9.98 Å². The number of amidine groups is 1. The van der Waals surface area contributed by atoms with Crippen LogP contribution in [0.3, 0.4) is 0 Å². The first-order valence-electron chi connectivity index (χ1n) is 8.04. The van der Waals surface area contributed by atoms with E-state index < -0.39 is 0 Å². The zero-order valence-corrected chi connectivity index (χ0v) is 16.4. The van der Waals surface area contributed by atoms with Crippen LogP contribution in [0.25, 0.3) is 0 Å². The number of halogens is 1. The highest BCUT2D eigenvalue weighted by atomic mass is 35.5. The molecular weight excluding hydrogens is 356 g/mol.